The lowest BCUT2D eigenvalue weighted by Crippen LogP contribution is -2.36. The fraction of sp³-hybridized carbons (Fsp3) is 0.455. The van der Waals surface area contributed by atoms with Crippen molar-refractivity contribution in [2.24, 2.45) is 11.5 Å². The quantitative estimate of drug-likeness (QED) is 0.878. The molecule has 1 aromatic rings. The SMILES string of the molecule is COc1ccc(C(N)C2(N)CC2)c(Cl)c1Cl. The molecule has 88 valence electrons. The zero-order valence-corrected chi connectivity index (χ0v) is 10.5. The van der Waals surface area contributed by atoms with E-state index in [9.17, 15) is 0 Å². The lowest BCUT2D eigenvalue weighted by molar-refractivity contribution is 0.414. The second-order valence-corrected chi connectivity index (χ2v) is 4.95. The predicted molar refractivity (Wildman–Crippen MR) is 66.1 cm³/mol. The summed E-state index contributed by atoms with van der Waals surface area (Å²) < 4.78 is 5.07. The van der Waals surface area contributed by atoms with E-state index in [-0.39, 0.29) is 11.6 Å². The average Bonchev–Trinajstić information content (AvgIpc) is 3.01. The molecule has 1 fully saturated rings. The summed E-state index contributed by atoms with van der Waals surface area (Å²) in [4.78, 5) is 0. The van der Waals surface area contributed by atoms with Crippen LogP contribution in [0, 0.1) is 0 Å². The fourth-order valence-corrected chi connectivity index (χ4v) is 2.23. The smallest absolute Gasteiger partial charge is 0.139 e. The molecule has 2 rings (SSSR count). The first-order valence-electron chi connectivity index (χ1n) is 5.06. The van der Waals surface area contributed by atoms with Crippen LogP contribution < -0.4 is 16.2 Å². The Balaban J connectivity index is 2.39. The van der Waals surface area contributed by atoms with Crippen LogP contribution in [0.2, 0.25) is 10.0 Å². The van der Waals surface area contributed by atoms with Crippen LogP contribution in [0.15, 0.2) is 12.1 Å². The summed E-state index contributed by atoms with van der Waals surface area (Å²) in [6, 6.07) is 3.31. The number of benzene rings is 1. The highest BCUT2D eigenvalue weighted by molar-refractivity contribution is 6.43. The minimum absolute atomic E-state index is 0.275. The van der Waals surface area contributed by atoms with E-state index in [4.69, 9.17) is 39.4 Å². The van der Waals surface area contributed by atoms with Gasteiger partial charge in [-0.3, -0.25) is 0 Å². The Bertz CT molecular complexity index is 419. The number of ether oxygens (including phenoxy) is 1. The van der Waals surface area contributed by atoms with Gasteiger partial charge in [0, 0.05) is 11.6 Å². The van der Waals surface area contributed by atoms with Gasteiger partial charge in [-0.2, -0.15) is 0 Å². The minimum Gasteiger partial charge on any atom is -0.495 e. The third-order valence-electron chi connectivity index (χ3n) is 3.08. The number of halogens is 2. The number of rotatable bonds is 3. The molecule has 4 N–H and O–H groups in total. The Labute approximate surface area is 105 Å². The molecule has 0 bridgehead atoms. The summed E-state index contributed by atoms with van der Waals surface area (Å²) in [7, 11) is 1.54. The van der Waals surface area contributed by atoms with E-state index in [1.807, 2.05) is 6.07 Å². The van der Waals surface area contributed by atoms with Crippen molar-refractivity contribution >= 4 is 23.2 Å². The Kier molecular flexibility index (Phi) is 3.05. The Morgan fingerprint density at radius 1 is 1.31 bits per heavy atom. The van der Waals surface area contributed by atoms with Crippen molar-refractivity contribution in [2.45, 2.75) is 24.4 Å². The Morgan fingerprint density at radius 2 is 1.94 bits per heavy atom. The third-order valence-corrected chi connectivity index (χ3v) is 3.96. The molecule has 3 nitrogen and oxygen atoms in total. The van der Waals surface area contributed by atoms with E-state index in [1.165, 1.54) is 0 Å². The molecule has 0 radical (unpaired) electrons. The molecule has 16 heavy (non-hydrogen) atoms. The number of nitrogens with two attached hydrogens (primary N) is 2. The van der Waals surface area contributed by atoms with Gasteiger partial charge in [0.05, 0.1) is 12.1 Å². The summed E-state index contributed by atoms with van der Waals surface area (Å²) in [6.07, 6.45) is 1.85. The predicted octanol–water partition coefficient (Wildman–Crippen LogP) is 2.49. The molecule has 5 heteroatoms. The van der Waals surface area contributed by atoms with Crippen molar-refractivity contribution in [3.05, 3.63) is 27.7 Å². The molecular formula is C11H14Cl2N2O. The highest BCUT2D eigenvalue weighted by Gasteiger charge is 2.45. The summed E-state index contributed by atoms with van der Waals surface area (Å²) >= 11 is 12.2. The van der Waals surface area contributed by atoms with Crippen LogP contribution in [0.3, 0.4) is 0 Å². The van der Waals surface area contributed by atoms with Crippen LogP contribution in [0.1, 0.15) is 24.4 Å². The maximum atomic E-state index is 6.16. The van der Waals surface area contributed by atoms with Crippen molar-refractivity contribution in [1.82, 2.24) is 0 Å². The van der Waals surface area contributed by atoms with Crippen molar-refractivity contribution in [3.8, 4) is 5.75 Å². The maximum absolute atomic E-state index is 6.16. The molecule has 0 saturated heterocycles. The second kappa shape index (κ2) is 4.08. The fourth-order valence-electron chi connectivity index (χ4n) is 1.71. The van der Waals surface area contributed by atoms with Crippen LogP contribution >= 0.6 is 23.2 Å². The van der Waals surface area contributed by atoms with Crippen LogP contribution in [-0.2, 0) is 0 Å². The molecule has 0 spiro atoms. The first-order chi connectivity index (χ1) is 7.49. The van der Waals surface area contributed by atoms with Gasteiger partial charge in [-0.1, -0.05) is 29.3 Å². The molecule has 0 heterocycles. The second-order valence-electron chi connectivity index (χ2n) is 4.20. The van der Waals surface area contributed by atoms with Gasteiger partial charge in [-0.25, -0.2) is 0 Å². The van der Waals surface area contributed by atoms with Crippen LogP contribution in [0.4, 0.5) is 0 Å². The van der Waals surface area contributed by atoms with E-state index < -0.39 is 0 Å². The first kappa shape index (κ1) is 12.0. The highest BCUT2D eigenvalue weighted by Crippen LogP contribution is 2.46. The minimum atomic E-state index is -0.318. The largest absolute Gasteiger partial charge is 0.495 e. The molecule has 1 unspecified atom stereocenters. The van der Waals surface area contributed by atoms with Crippen molar-refractivity contribution in [1.29, 1.82) is 0 Å². The maximum Gasteiger partial charge on any atom is 0.139 e. The van der Waals surface area contributed by atoms with E-state index in [0.29, 0.717) is 15.8 Å². The van der Waals surface area contributed by atoms with E-state index in [0.717, 1.165) is 18.4 Å². The van der Waals surface area contributed by atoms with Crippen LogP contribution in [-0.4, -0.2) is 12.6 Å². The summed E-state index contributed by atoms with van der Waals surface area (Å²) in [5.74, 6) is 0.546. The molecular weight excluding hydrogens is 247 g/mol. The summed E-state index contributed by atoms with van der Waals surface area (Å²) in [6.45, 7) is 0. The summed E-state index contributed by atoms with van der Waals surface area (Å²) in [5, 5.41) is 0.826. The molecule has 1 aliphatic carbocycles. The molecule has 1 aromatic carbocycles. The Morgan fingerprint density at radius 3 is 2.44 bits per heavy atom. The van der Waals surface area contributed by atoms with E-state index >= 15 is 0 Å². The molecule has 1 aliphatic rings. The standard InChI is InChI=1S/C11H14Cl2N2O/c1-16-7-3-2-6(8(12)9(7)13)10(14)11(15)4-5-11/h2-3,10H,4-5,14-15H2,1H3. The van der Waals surface area contributed by atoms with Crippen molar-refractivity contribution < 1.29 is 4.74 Å². The molecule has 1 atom stereocenters. The monoisotopic (exact) mass is 260 g/mol. The number of hydrogen-bond donors (Lipinski definition) is 2. The van der Waals surface area contributed by atoms with Gasteiger partial charge in [-0.05, 0) is 24.5 Å². The van der Waals surface area contributed by atoms with Gasteiger partial charge in [-0.15, -0.1) is 0 Å². The Hall–Kier alpha value is -0.480. The molecule has 0 aromatic heterocycles. The van der Waals surface area contributed by atoms with Crippen molar-refractivity contribution in [2.75, 3.05) is 7.11 Å². The van der Waals surface area contributed by atoms with Gasteiger partial charge in [0.15, 0.2) is 0 Å². The van der Waals surface area contributed by atoms with Crippen LogP contribution in [0.25, 0.3) is 0 Å². The normalized spacial score (nSPS) is 19.3. The van der Waals surface area contributed by atoms with Crippen molar-refractivity contribution in [3.63, 3.8) is 0 Å². The summed E-state index contributed by atoms with van der Waals surface area (Å²) in [5.41, 5.74) is 12.6. The number of methoxy groups -OCH3 is 1. The lowest BCUT2D eigenvalue weighted by Gasteiger charge is -2.21. The molecule has 0 aliphatic heterocycles. The van der Waals surface area contributed by atoms with Gasteiger partial charge in [0.1, 0.15) is 10.8 Å². The van der Waals surface area contributed by atoms with E-state index in [2.05, 4.69) is 0 Å². The average molecular weight is 261 g/mol. The van der Waals surface area contributed by atoms with Gasteiger partial charge >= 0.3 is 0 Å². The van der Waals surface area contributed by atoms with Crippen LogP contribution in [0.5, 0.6) is 5.75 Å². The first-order valence-corrected chi connectivity index (χ1v) is 5.81. The van der Waals surface area contributed by atoms with Gasteiger partial charge in [0.25, 0.3) is 0 Å². The lowest BCUT2D eigenvalue weighted by atomic mass is 9.99. The molecule has 1 saturated carbocycles. The highest BCUT2D eigenvalue weighted by atomic mass is 35.5. The number of hydrogen-bond acceptors (Lipinski definition) is 3. The third kappa shape index (κ3) is 1.89. The van der Waals surface area contributed by atoms with Gasteiger partial charge in [0.2, 0.25) is 0 Å². The zero-order chi connectivity index (χ0) is 11.9. The topological polar surface area (TPSA) is 61.3 Å². The zero-order valence-electron chi connectivity index (χ0n) is 8.97. The molecule has 0 amide bonds. The van der Waals surface area contributed by atoms with E-state index in [1.54, 1.807) is 13.2 Å². The van der Waals surface area contributed by atoms with Gasteiger partial charge < -0.3 is 16.2 Å².